The van der Waals surface area contributed by atoms with Gasteiger partial charge in [0.15, 0.2) is 0 Å². The Bertz CT molecular complexity index is 575. The van der Waals surface area contributed by atoms with E-state index in [4.69, 9.17) is 5.11 Å². The van der Waals surface area contributed by atoms with Crippen molar-refractivity contribution in [2.75, 3.05) is 0 Å². The second kappa shape index (κ2) is 4.07. The standard InChI is InChI=1S/C12H14N2O2S/c1-7-13-9-5-4-8(6-10(9)14-7)17-12(2,3)11(15)16/h4-6H,1-3H3,(H,13,14)(H,15,16). The normalized spacial score (nSPS) is 11.9. The summed E-state index contributed by atoms with van der Waals surface area (Å²) in [5.41, 5.74) is 1.84. The molecule has 2 N–H and O–H groups in total. The Morgan fingerprint density at radius 3 is 2.82 bits per heavy atom. The number of benzene rings is 1. The van der Waals surface area contributed by atoms with E-state index in [0.29, 0.717) is 0 Å². The molecule has 5 heteroatoms. The van der Waals surface area contributed by atoms with Gasteiger partial charge < -0.3 is 10.1 Å². The first kappa shape index (κ1) is 12.0. The fourth-order valence-corrected chi connectivity index (χ4v) is 2.51. The SMILES string of the molecule is Cc1nc2ccc(SC(C)(C)C(=O)O)cc2[nH]1. The number of nitrogens with zero attached hydrogens (tertiary/aromatic N) is 1. The summed E-state index contributed by atoms with van der Waals surface area (Å²) in [6.07, 6.45) is 0. The van der Waals surface area contributed by atoms with Crippen LogP contribution in [0.1, 0.15) is 19.7 Å². The van der Waals surface area contributed by atoms with Crippen molar-refractivity contribution in [1.29, 1.82) is 0 Å². The number of aliphatic carboxylic acids is 1. The van der Waals surface area contributed by atoms with Gasteiger partial charge in [-0.25, -0.2) is 4.98 Å². The fourth-order valence-electron chi connectivity index (χ4n) is 1.52. The molecule has 0 aliphatic rings. The topological polar surface area (TPSA) is 66.0 Å². The molecule has 1 heterocycles. The van der Waals surface area contributed by atoms with E-state index in [-0.39, 0.29) is 0 Å². The molecule has 0 saturated heterocycles. The lowest BCUT2D eigenvalue weighted by Crippen LogP contribution is -2.26. The molecule has 0 spiro atoms. The number of H-pyrrole nitrogens is 1. The number of aromatic nitrogens is 2. The summed E-state index contributed by atoms with van der Waals surface area (Å²) in [6, 6.07) is 5.74. The highest BCUT2D eigenvalue weighted by atomic mass is 32.2. The zero-order valence-corrected chi connectivity index (χ0v) is 10.8. The third kappa shape index (κ3) is 2.44. The predicted molar refractivity (Wildman–Crippen MR) is 68.4 cm³/mol. The summed E-state index contributed by atoms with van der Waals surface area (Å²) in [6.45, 7) is 5.29. The second-order valence-corrected chi connectivity index (χ2v) is 6.11. The van der Waals surface area contributed by atoms with Gasteiger partial charge in [-0.3, -0.25) is 4.79 Å². The molecule has 0 unspecified atom stereocenters. The van der Waals surface area contributed by atoms with Crippen molar-refractivity contribution < 1.29 is 9.90 Å². The Labute approximate surface area is 103 Å². The highest BCUT2D eigenvalue weighted by molar-refractivity contribution is 8.01. The molecule has 0 radical (unpaired) electrons. The minimum Gasteiger partial charge on any atom is -0.480 e. The molecule has 1 aromatic heterocycles. The fraction of sp³-hybridized carbons (Fsp3) is 0.333. The zero-order valence-electron chi connectivity index (χ0n) is 9.94. The highest BCUT2D eigenvalue weighted by Gasteiger charge is 2.28. The van der Waals surface area contributed by atoms with Crippen LogP contribution < -0.4 is 0 Å². The first-order valence-corrected chi connectivity index (χ1v) is 6.09. The number of hydrogen-bond acceptors (Lipinski definition) is 3. The Morgan fingerprint density at radius 1 is 1.47 bits per heavy atom. The number of hydrogen-bond donors (Lipinski definition) is 2. The van der Waals surface area contributed by atoms with Crippen LogP contribution in [0.2, 0.25) is 0 Å². The summed E-state index contributed by atoms with van der Waals surface area (Å²) in [5.74, 6) is 0.0445. The molecule has 0 fully saturated rings. The van der Waals surface area contributed by atoms with E-state index in [1.165, 1.54) is 11.8 Å². The van der Waals surface area contributed by atoms with Crippen molar-refractivity contribution in [2.24, 2.45) is 0 Å². The molecule has 2 aromatic rings. The number of carboxylic acids is 1. The average Bonchev–Trinajstić information content (AvgIpc) is 2.56. The molecule has 0 aliphatic carbocycles. The number of carboxylic acid groups (broad SMARTS) is 1. The molecule has 1 aromatic carbocycles. The number of nitrogens with one attached hydrogen (secondary N) is 1. The molecule has 17 heavy (non-hydrogen) atoms. The van der Waals surface area contributed by atoms with E-state index < -0.39 is 10.7 Å². The van der Waals surface area contributed by atoms with E-state index >= 15 is 0 Å². The number of rotatable bonds is 3. The van der Waals surface area contributed by atoms with E-state index in [1.807, 2.05) is 25.1 Å². The average molecular weight is 250 g/mol. The van der Waals surface area contributed by atoms with Gasteiger partial charge in [-0.1, -0.05) is 0 Å². The quantitative estimate of drug-likeness (QED) is 0.822. The van der Waals surface area contributed by atoms with Gasteiger partial charge in [0, 0.05) is 4.90 Å². The Hall–Kier alpha value is -1.49. The largest absolute Gasteiger partial charge is 0.480 e. The van der Waals surface area contributed by atoms with Crippen LogP contribution in [-0.4, -0.2) is 25.8 Å². The third-order valence-corrected chi connectivity index (χ3v) is 3.63. The number of aryl methyl sites for hydroxylation is 1. The van der Waals surface area contributed by atoms with Crippen LogP contribution >= 0.6 is 11.8 Å². The summed E-state index contributed by atoms with van der Waals surface area (Å²) in [5, 5.41) is 9.08. The molecule has 0 saturated carbocycles. The summed E-state index contributed by atoms with van der Waals surface area (Å²) in [4.78, 5) is 19.4. The van der Waals surface area contributed by atoms with Gasteiger partial charge in [-0.05, 0) is 39.0 Å². The Balaban J connectivity index is 2.34. The van der Waals surface area contributed by atoms with E-state index in [2.05, 4.69) is 9.97 Å². The molecule has 0 atom stereocenters. The lowest BCUT2D eigenvalue weighted by Gasteiger charge is -2.18. The molecular weight excluding hydrogens is 236 g/mol. The van der Waals surface area contributed by atoms with Crippen molar-refractivity contribution in [3.8, 4) is 0 Å². The van der Waals surface area contributed by atoms with Crippen molar-refractivity contribution in [3.05, 3.63) is 24.0 Å². The van der Waals surface area contributed by atoms with Gasteiger partial charge in [-0.15, -0.1) is 11.8 Å². The van der Waals surface area contributed by atoms with E-state index in [0.717, 1.165) is 21.8 Å². The van der Waals surface area contributed by atoms with Crippen LogP contribution in [0.4, 0.5) is 0 Å². The predicted octanol–water partition coefficient (Wildman–Crippen LogP) is 2.83. The maximum Gasteiger partial charge on any atom is 0.319 e. The van der Waals surface area contributed by atoms with E-state index in [1.54, 1.807) is 13.8 Å². The van der Waals surface area contributed by atoms with E-state index in [9.17, 15) is 4.79 Å². The van der Waals surface area contributed by atoms with Gasteiger partial charge in [0.05, 0.1) is 11.0 Å². The van der Waals surface area contributed by atoms with Gasteiger partial charge in [0.2, 0.25) is 0 Å². The highest BCUT2D eigenvalue weighted by Crippen LogP contribution is 2.33. The Kier molecular flexibility index (Phi) is 2.87. The van der Waals surface area contributed by atoms with Crippen molar-refractivity contribution in [3.63, 3.8) is 0 Å². The minimum atomic E-state index is -0.831. The van der Waals surface area contributed by atoms with Crippen LogP contribution in [0.15, 0.2) is 23.1 Å². The monoisotopic (exact) mass is 250 g/mol. The maximum absolute atomic E-state index is 11.1. The minimum absolute atomic E-state index is 0.816. The van der Waals surface area contributed by atoms with Crippen molar-refractivity contribution in [1.82, 2.24) is 9.97 Å². The molecule has 0 amide bonds. The number of aromatic amines is 1. The van der Waals surface area contributed by atoms with Crippen LogP contribution in [0, 0.1) is 6.92 Å². The van der Waals surface area contributed by atoms with Crippen LogP contribution in [0.5, 0.6) is 0 Å². The number of carbonyl (C=O) groups is 1. The molecule has 0 aliphatic heterocycles. The first-order chi connectivity index (χ1) is 7.88. The third-order valence-electron chi connectivity index (χ3n) is 2.46. The number of thioether (sulfide) groups is 1. The molecule has 2 rings (SSSR count). The second-order valence-electron chi connectivity index (χ2n) is 4.42. The van der Waals surface area contributed by atoms with Gasteiger partial charge >= 0.3 is 5.97 Å². The number of imidazole rings is 1. The molecule has 90 valence electrons. The molecule has 0 bridgehead atoms. The van der Waals surface area contributed by atoms with Crippen LogP contribution in [-0.2, 0) is 4.79 Å². The lowest BCUT2D eigenvalue weighted by atomic mass is 10.2. The van der Waals surface area contributed by atoms with Crippen molar-refractivity contribution >= 4 is 28.8 Å². The zero-order chi connectivity index (χ0) is 12.6. The summed E-state index contributed by atoms with van der Waals surface area (Å²) in [7, 11) is 0. The lowest BCUT2D eigenvalue weighted by molar-refractivity contribution is -0.138. The first-order valence-electron chi connectivity index (χ1n) is 5.27. The maximum atomic E-state index is 11.1. The van der Waals surface area contributed by atoms with Crippen molar-refractivity contribution in [2.45, 2.75) is 30.4 Å². The smallest absolute Gasteiger partial charge is 0.319 e. The van der Waals surface area contributed by atoms with Crippen LogP contribution in [0.25, 0.3) is 11.0 Å². The molecular formula is C12H14N2O2S. The Morgan fingerprint density at radius 2 is 2.18 bits per heavy atom. The van der Waals surface area contributed by atoms with Crippen LogP contribution in [0.3, 0.4) is 0 Å². The molecule has 4 nitrogen and oxygen atoms in total. The van der Waals surface area contributed by atoms with Gasteiger partial charge in [0.25, 0.3) is 0 Å². The van der Waals surface area contributed by atoms with Gasteiger partial charge in [0.1, 0.15) is 10.6 Å². The summed E-state index contributed by atoms with van der Waals surface area (Å²) >= 11 is 1.33. The van der Waals surface area contributed by atoms with Gasteiger partial charge in [-0.2, -0.15) is 0 Å². The summed E-state index contributed by atoms with van der Waals surface area (Å²) < 4.78 is -0.831. The number of fused-ring (bicyclic) bond motifs is 1.